The fourth-order valence-electron chi connectivity index (χ4n) is 2.01. The zero-order chi connectivity index (χ0) is 11.5. The molecule has 1 aliphatic rings. The molecular formula is C12H14ClNO2. The van der Waals surface area contributed by atoms with Gasteiger partial charge in [-0.15, -0.1) is 0 Å². The van der Waals surface area contributed by atoms with Crippen molar-refractivity contribution in [3.05, 3.63) is 34.3 Å². The average molecular weight is 240 g/mol. The van der Waals surface area contributed by atoms with Crippen LogP contribution in [0, 0.1) is 0 Å². The van der Waals surface area contributed by atoms with Gasteiger partial charge in [-0.3, -0.25) is 4.79 Å². The van der Waals surface area contributed by atoms with Crippen LogP contribution in [0.25, 0.3) is 0 Å². The van der Waals surface area contributed by atoms with E-state index >= 15 is 0 Å². The Hall–Kier alpha value is -1.06. The Morgan fingerprint density at radius 1 is 1.62 bits per heavy atom. The van der Waals surface area contributed by atoms with Crippen LogP contribution in [0.3, 0.4) is 0 Å². The standard InChI is InChI=1S/C12H14ClNO2/c1-16-12(15)6-9-5-8-3-2-4-11(13)10(8)7-14-9/h2-4,9,14H,5-7H2,1H3. The number of halogens is 1. The summed E-state index contributed by atoms with van der Waals surface area (Å²) in [6.07, 6.45) is 1.23. The molecule has 0 amide bonds. The number of ether oxygens (including phenoxy) is 1. The lowest BCUT2D eigenvalue weighted by Gasteiger charge is -2.26. The first-order chi connectivity index (χ1) is 7.70. The van der Waals surface area contributed by atoms with Gasteiger partial charge in [-0.2, -0.15) is 0 Å². The third-order valence-corrected chi connectivity index (χ3v) is 3.24. The van der Waals surface area contributed by atoms with E-state index in [0.717, 1.165) is 23.6 Å². The van der Waals surface area contributed by atoms with E-state index in [1.54, 1.807) is 0 Å². The van der Waals surface area contributed by atoms with E-state index < -0.39 is 0 Å². The van der Waals surface area contributed by atoms with E-state index in [4.69, 9.17) is 11.6 Å². The van der Waals surface area contributed by atoms with Gasteiger partial charge in [0.1, 0.15) is 0 Å². The van der Waals surface area contributed by atoms with Crippen LogP contribution in [0.4, 0.5) is 0 Å². The van der Waals surface area contributed by atoms with Crippen LogP contribution < -0.4 is 5.32 Å². The predicted molar refractivity (Wildman–Crippen MR) is 62.4 cm³/mol. The molecule has 1 aromatic carbocycles. The van der Waals surface area contributed by atoms with Gasteiger partial charge in [-0.25, -0.2) is 0 Å². The minimum Gasteiger partial charge on any atom is -0.469 e. The number of carbonyl (C=O) groups excluding carboxylic acids is 1. The van der Waals surface area contributed by atoms with Gasteiger partial charge in [0.15, 0.2) is 0 Å². The fraction of sp³-hybridized carbons (Fsp3) is 0.417. The molecule has 0 aliphatic carbocycles. The highest BCUT2D eigenvalue weighted by Gasteiger charge is 2.21. The lowest BCUT2D eigenvalue weighted by molar-refractivity contribution is -0.141. The Labute approximate surface area is 99.7 Å². The second-order valence-corrected chi connectivity index (χ2v) is 4.35. The van der Waals surface area contributed by atoms with E-state index in [9.17, 15) is 4.79 Å². The van der Waals surface area contributed by atoms with Gasteiger partial charge in [0.05, 0.1) is 13.5 Å². The number of fused-ring (bicyclic) bond motifs is 1. The summed E-state index contributed by atoms with van der Waals surface area (Å²) in [5.41, 5.74) is 2.37. The fourth-order valence-corrected chi connectivity index (χ4v) is 2.27. The molecule has 1 heterocycles. The number of rotatable bonds is 2. The highest BCUT2D eigenvalue weighted by molar-refractivity contribution is 6.31. The molecule has 1 unspecified atom stereocenters. The van der Waals surface area contributed by atoms with Crippen molar-refractivity contribution in [2.45, 2.75) is 25.4 Å². The smallest absolute Gasteiger partial charge is 0.307 e. The summed E-state index contributed by atoms with van der Waals surface area (Å²) in [5, 5.41) is 4.09. The number of benzene rings is 1. The normalized spacial score (nSPS) is 19.0. The summed E-state index contributed by atoms with van der Waals surface area (Å²) in [5.74, 6) is -0.178. The molecule has 2 rings (SSSR count). The summed E-state index contributed by atoms with van der Waals surface area (Å²) < 4.78 is 4.66. The molecule has 1 N–H and O–H groups in total. The lowest BCUT2D eigenvalue weighted by atomic mass is 9.94. The van der Waals surface area contributed by atoms with Gasteiger partial charge in [-0.1, -0.05) is 23.7 Å². The topological polar surface area (TPSA) is 38.3 Å². The zero-order valence-corrected chi connectivity index (χ0v) is 9.88. The molecule has 4 heteroatoms. The minimum atomic E-state index is -0.178. The highest BCUT2D eigenvalue weighted by Crippen LogP contribution is 2.25. The molecule has 0 saturated heterocycles. The Balaban J connectivity index is 2.09. The molecule has 1 aliphatic heterocycles. The summed E-state index contributed by atoms with van der Waals surface area (Å²) in [7, 11) is 1.41. The largest absolute Gasteiger partial charge is 0.469 e. The highest BCUT2D eigenvalue weighted by atomic mass is 35.5. The molecule has 86 valence electrons. The number of carbonyl (C=O) groups is 1. The van der Waals surface area contributed by atoms with Crippen molar-refractivity contribution in [1.29, 1.82) is 0 Å². The van der Waals surface area contributed by atoms with Crippen LogP contribution >= 0.6 is 11.6 Å². The van der Waals surface area contributed by atoms with Crippen molar-refractivity contribution in [2.24, 2.45) is 0 Å². The number of hydrogen-bond donors (Lipinski definition) is 1. The van der Waals surface area contributed by atoms with E-state index in [1.165, 1.54) is 12.7 Å². The molecule has 1 aromatic rings. The molecule has 0 spiro atoms. The summed E-state index contributed by atoms with van der Waals surface area (Å²) >= 11 is 6.09. The van der Waals surface area contributed by atoms with Crippen LogP contribution in [-0.4, -0.2) is 19.1 Å². The SMILES string of the molecule is COC(=O)CC1Cc2cccc(Cl)c2CN1. The second kappa shape index (κ2) is 4.85. The minimum absolute atomic E-state index is 0.151. The maximum Gasteiger partial charge on any atom is 0.307 e. The molecular weight excluding hydrogens is 226 g/mol. The predicted octanol–water partition coefficient (Wildman–Crippen LogP) is 1.92. The van der Waals surface area contributed by atoms with Crippen molar-refractivity contribution < 1.29 is 9.53 Å². The van der Waals surface area contributed by atoms with Gasteiger partial charge >= 0.3 is 5.97 Å². The van der Waals surface area contributed by atoms with Crippen LogP contribution in [0.15, 0.2) is 18.2 Å². The molecule has 0 aromatic heterocycles. The zero-order valence-electron chi connectivity index (χ0n) is 9.13. The Kier molecular flexibility index (Phi) is 3.46. The van der Waals surface area contributed by atoms with Crippen molar-refractivity contribution in [1.82, 2.24) is 5.32 Å². The van der Waals surface area contributed by atoms with Crippen molar-refractivity contribution >= 4 is 17.6 Å². The summed E-state index contributed by atoms with van der Waals surface area (Å²) in [6, 6.07) is 6.05. The Bertz CT molecular complexity index is 406. The number of nitrogens with one attached hydrogen (secondary N) is 1. The molecule has 0 saturated carbocycles. The maximum absolute atomic E-state index is 11.2. The molecule has 1 atom stereocenters. The summed E-state index contributed by atoms with van der Waals surface area (Å²) in [6.45, 7) is 0.719. The Morgan fingerprint density at radius 2 is 2.44 bits per heavy atom. The van der Waals surface area contributed by atoms with Crippen molar-refractivity contribution in [3.8, 4) is 0 Å². The number of hydrogen-bond acceptors (Lipinski definition) is 3. The molecule has 0 radical (unpaired) electrons. The van der Waals surface area contributed by atoms with Gasteiger partial charge < -0.3 is 10.1 Å². The van der Waals surface area contributed by atoms with Gasteiger partial charge in [0.2, 0.25) is 0 Å². The lowest BCUT2D eigenvalue weighted by Crippen LogP contribution is -2.37. The number of methoxy groups -OCH3 is 1. The van der Waals surface area contributed by atoms with Crippen molar-refractivity contribution in [2.75, 3.05) is 7.11 Å². The molecule has 0 fully saturated rings. The van der Waals surface area contributed by atoms with Crippen LogP contribution in [0.2, 0.25) is 5.02 Å². The third kappa shape index (κ3) is 2.36. The first-order valence-electron chi connectivity index (χ1n) is 5.27. The van der Waals surface area contributed by atoms with E-state index in [-0.39, 0.29) is 12.0 Å². The van der Waals surface area contributed by atoms with E-state index in [2.05, 4.69) is 16.1 Å². The van der Waals surface area contributed by atoms with Gasteiger partial charge in [0, 0.05) is 17.6 Å². The summed E-state index contributed by atoms with van der Waals surface area (Å²) in [4.78, 5) is 11.2. The van der Waals surface area contributed by atoms with E-state index in [0.29, 0.717) is 6.42 Å². The molecule has 0 bridgehead atoms. The number of esters is 1. The van der Waals surface area contributed by atoms with Crippen LogP contribution in [-0.2, 0) is 22.5 Å². The molecule has 16 heavy (non-hydrogen) atoms. The maximum atomic E-state index is 11.2. The van der Waals surface area contributed by atoms with Crippen LogP contribution in [0.1, 0.15) is 17.5 Å². The third-order valence-electron chi connectivity index (χ3n) is 2.89. The van der Waals surface area contributed by atoms with Crippen LogP contribution in [0.5, 0.6) is 0 Å². The van der Waals surface area contributed by atoms with Crippen molar-refractivity contribution in [3.63, 3.8) is 0 Å². The Morgan fingerprint density at radius 3 is 3.19 bits per heavy atom. The van der Waals surface area contributed by atoms with Gasteiger partial charge in [0.25, 0.3) is 0 Å². The molecule has 3 nitrogen and oxygen atoms in total. The first-order valence-corrected chi connectivity index (χ1v) is 5.65. The quantitative estimate of drug-likeness (QED) is 0.802. The second-order valence-electron chi connectivity index (χ2n) is 3.94. The first kappa shape index (κ1) is 11.4. The van der Waals surface area contributed by atoms with E-state index in [1.807, 2.05) is 12.1 Å². The average Bonchev–Trinajstić information content (AvgIpc) is 2.29. The van der Waals surface area contributed by atoms with Gasteiger partial charge in [-0.05, 0) is 23.6 Å². The monoisotopic (exact) mass is 239 g/mol.